The average molecular weight is 291 g/mol. The zero-order valence-corrected chi connectivity index (χ0v) is 13.7. The van der Waals surface area contributed by atoms with Gasteiger partial charge in [-0.05, 0) is 38.5 Å². The first-order valence-electron chi connectivity index (χ1n) is 8.28. The van der Waals surface area contributed by atoms with Crippen molar-refractivity contribution >= 4 is 11.6 Å². The number of hydrogen-bond donors (Lipinski definition) is 2. The summed E-state index contributed by atoms with van der Waals surface area (Å²) in [4.78, 5) is 11.7. The summed E-state index contributed by atoms with van der Waals surface area (Å²) >= 11 is 0. The summed E-state index contributed by atoms with van der Waals surface area (Å²) < 4.78 is 0. The number of nitrogens with two attached hydrogens (primary N) is 1. The zero-order chi connectivity index (χ0) is 15.2. The highest BCUT2D eigenvalue weighted by atomic mass is 15.3. The van der Waals surface area contributed by atoms with Gasteiger partial charge >= 0.3 is 0 Å². The number of anilines is 2. The third kappa shape index (κ3) is 3.84. The van der Waals surface area contributed by atoms with E-state index >= 15 is 0 Å². The first-order valence-corrected chi connectivity index (χ1v) is 8.28. The van der Waals surface area contributed by atoms with Crippen LogP contribution in [0, 0.1) is 12.8 Å². The zero-order valence-electron chi connectivity index (χ0n) is 13.7. The number of hydrazine groups is 1. The Balaban J connectivity index is 2.26. The summed E-state index contributed by atoms with van der Waals surface area (Å²) in [6.07, 6.45) is 7.07. The molecule has 1 fully saturated rings. The number of aryl methyl sites for hydroxylation is 1. The molecule has 2 rings (SSSR count). The summed E-state index contributed by atoms with van der Waals surface area (Å²) in [6.45, 7) is 8.68. The summed E-state index contributed by atoms with van der Waals surface area (Å²) in [5.74, 6) is 9.21. The molecule has 1 aliphatic heterocycles. The van der Waals surface area contributed by atoms with Gasteiger partial charge < -0.3 is 10.3 Å². The molecule has 0 radical (unpaired) electrons. The van der Waals surface area contributed by atoms with Crippen molar-refractivity contribution in [3.8, 4) is 0 Å². The number of rotatable bonds is 5. The largest absolute Gasteiger partial charge is 0.356 e. The molecule has 1 aliphatic rings. The fourth-order valence-corrected chi connectivity index (χ4v) is 3.12. The third-order valence-electron chi connectivity index (χ3n) is 4.50. The Morgan fingerprint density at radius 3 is 2.71 bits per heavy atom. The molecule has 0 bridgehead atoms. The van der Waals surface area contributed by atoms with Crippen LogP contribution in [0.25, 0.3) is 0 Å². The molecular weight excluding hydrogens is 262 g/mol. The van der Waals surface area contributed by atoms with Crippen LogP contribution in [0.4, 0.5) is 11.6 Å². The van der Waals surface area contributed by atoms with E-state index in [2.05, 4.69) is 36.1 Å². The number of nitrogens with one attached hydrogen (secondary N) is 1. The van der Waals surface area contributed by atoms with Crippen LogP contribution in [-0.2, 0) is 6.42 Å². The van der Waals surface area contributed by atoms with Gasteiger partial charge in [0.15, 0.2) is 0 Å². The Morgan fingerprint density at radius 2 is 2.05 bits per heavy atom. The molecule has 1 aromatic heterocycles. The molecule has 5 nitrogen and oxygen atoms in total. The lowest BCUT2D eigenvalue weighted by Gasteiger charge is -2.25. The normalized spacial score (nSPS) is 19.4. The van der Waals surface area contributed by atoms with Gasteiger partial charge in [-0.25, -0.2) is 15.8 Å². The van der Waals surface area contributed by atoms with Crippen molar-refractivity contribution < 1.29 is 0 Å². The van der Waals surface area contributed by atoms with E-state index in [1.807, 2.05) is 0 Å². The molecule has 0 aromatic carbocycles. The highest BCUT2D eigenvalue weighted by molar-refractivity contribution is 5.58. The minimum Gasteiger partial charge on any atom is -0.356 e. The van der Waals surface area contributed by atoms with Gasteiger partial charge in [0.2, 0.25) is 0 Å². The van der Waals surface area contributed by atoms with E-state index in [4.69, 9.17) is 10.8 Å². The molecule has 118 valence electrons. The van der Waals surface area contributed by atoms with Crippen molar-refractivity contribution in [2.75, 3.05) is 23.4 Å². The number of aromatic nitrogens is 2. The maximum atomic E-state index is 5.63. The quantitative estimate of drug-likeness (QED) is 0.645. The molecule has 1 atom stereocenters. The second-order valence-corrected chi connectivity index (χ2v) is 6.02. The van der Waals surface area contributed by atoms with Crippen LogP contribution in [0.1, 0.15) is 57.3 Å². The van der Waals surface area contributed by atoms with Crippen LogP contribution in [-0.4, -0.2) is 23.1 Å². The minimum absolute atomic E-state index is 0.764. The standard InChI is InChI=1S/C16H29N5/c1-4-7-14-18-15(20-17)12(3)16(19-14)21-10-6-8-13(5-2)9-11-21/h13H,4-11,17H2,1-3H3,(H,18,19,20). The van der Waals surface area contributed by atoms with Gasteiger partial charge in [-0.3, -0.25) is 0 Å². The highest BCUT2D eigenvalue weighted by Crippen LogP contribution is 2.28. The number of nitrogens with zero attached hydrogens (tertiary/aromatic N) is 3. The van der Waals surface area contributed by atoms with Crippen molar-refractivity contribution in [3.05, 3.63) is 11.4 Å². The Labute approximate surface area is 128 Å². The second-order valence-electron chi connectivity index (χ2n) is 6.02. The van der Waals surface area contributed by atoms with Crippen molar-refractivity contribution in [1.82, 2.24) is 9.97 Å². The third-order valence-corrected chi connectivity index (χ3v) is 4.50. The van der Waals surface area contributed by atoms with E-state index in [9.17, 15) is 0 Å². The Hall–Kier alpha value is -1.36. The molecule has 2 heterocycles. The van der Waals surface area contributed by atoms with Crippen LogP contribution in [0.15, 0.2) is 0 Å². The van der Waals surface area contributed by atoms with E-state index < -0.39 is 0 Å². The van der Waals surface area contributed by atoms with Gasteiger partial charge in [0.05, 0.1) is 0 Å². The lowest BCUT2D eigenvalue weighted by Crippen LogP contribution is -2.27. The molecule has 3 N–H and O–H groups in total. The SMILES string of the molecule is CCCc1nc(NN)c(C)c(N2CCCC(CC)CC2)n1. The number of nitrogen functional groups attached to an aromatic ring is 1. The van der Waals surface area contributed by atoms with Crippen molar-refractivity contribution in [3.63, 3.8) is 0 Å². The van der Waals surface area contributed by atoms with Crippen LogP contribution in [0.3, 0.4) is 0 Å². The Bertz CT molecular complexity index is 460. The summed E-state index contributed by atoms with van der Waals surface area (Å²) in [6, 6.07) is 0. The van der Waals surface area contributed by atoms with Gasteiger partial charge in [0.25, 0.3) is 0 Å². The maximum Gasteiger partial charge on any atom is 0.148 e. The van der Waals surface area contributed by atoms with Crippen molar-refractivity contribution in [2.24, 2.45) is 11.8 Å². The lowest BCUT2D eigenvalue weighted by molar-refractivity contribution is 0.459. The molecule has 5 heteroatoms. The average Bonchev–Trinajstić information content (AvgIpc) is 2.74. The van der Waals surface area contributed by atoms with E-state index in [0.717, 1.165) is 54.9 Å². The molecule has 1 saturated heterocycles. The molecule has 0 amide bonds. The lowest BCUT2D eigenvalue weighted by atomic mass is 9.98. The topological polar surface area (TPSA) is 67.1 Å². The van der Waals surface area contributed by atoms with Crippen molar-refractivity contribution in [1.29, 1.82) is 0 Å². The summed E-state index contributed by atoms with van der Waals surface area (Å²) in [5, 5.41) is 0. The predicted molar refractivity (Wildman–Crippen MR) is 88.4 cm³/mol. The summed E-state index contributed by atoms with van der Waals surface area (Å²) in [5.41, 5.74) is 3.79. The van der Waals surface area contributed by atoms with Crippen molar-refractivity contribution in [2.45, 2.75) is 59.3 Å². The molecule has 21 heavy (non-hydrogen) atoms. The molecule has 0 spiro atoms. The second kappa shape index (κ2) is 7.59. The van der Waals surface area contributed by atoms with Crippen LogP contribution < -0.4 is 16.2 Å². The fraction of sp³-hybridized carbons (Fsp3) is 0.750. The van der Waals surface area contributed by atoms with Crippen LogP contribution >= 0.6 is 0 Å². The molecule has 1 unspecified atom stereocenters. The molecule has 0 saturated carbocycles. The van der Waals surface area contributed by atoms with Crippen LogP contribution in [0.2, 0.25) is 0 Å². The van der Waals surface area contributed by atoms with Gasteiger partial charge in [-0.15, -0.1) is 0 Å². The van der Waals surface area contributed by atoms with Crippen LogP contribution in [0.5, 0.6) is 0 Å². The predicted octanol–water partition coefficient (Wildman–Crippen LogP) is 3.04. The first-order chi connectivity index (χ1) is 10.2. The van der Waals surface area contributed by atoms with E-state index in [-0.39, 0.29) is 0 Å². The van der Waals surface area contributed by atoms with Gasteiger partial charge in [0.1, 0.15) is 17.5 Å². The Kier molecular flexibility index (Phi) is 5.79. The smallest absolute Gasteiger partial charge is 0.148 e. The Morgan fingerprint density at radius 1 is 1.24 bits per heavy atom. The van der Waals surface area contributed by atoms with E-state index in [1.54, 1.807) is 0 Å². The van der Waals surface area contributed by atoms with Gasteiger partial charge in [-0.1, -0.05) is 20.3 Å². The monoisotopic (exact) mass is 291 g/mol. The maximum absolute atomic E-state index is 5.63. The van der Waals surface area contributed by atoms with Gasteiger partial charge in [-0.2, -0.15) is 0 Å². The molecule has 1 aromatic rings. The van der Waals surface area contributed by atoms with E-state index in [1.165, 1.54) is 25.7 Å². The first kappa shape index (κ1) is 16.0. The van der Waals surface area contributed by atoms with E-state index in [0.29, 0.717) is 0 Å². The molecular formula is C16H29N5. The fourth-order valence-electron chi connectivity index (χ4n) is 3.12. The highest BCUT2D eigenvalue weighted by Gasteiger charge is 2.20. The number of hydrogen-bond acceptors (Lipinski definition) is 5. The summed E-state index contributed by atoms with van der Waals surface area (Å²) in [7, 11) is 0. The minimum atomic E-state index is 0.764. The van der Waals surface area contributed by atoms with Gasteiger partial charge in [0, 0.05) is 25.1 Å². The molecule has 0 aliphatic carbocycles.